The molecule has 0 unspecified atom stereocenters. The Labute approximate surface area is 64.2 Å². The van der Waals surface area contributed by atoms with Gasteiger partial charge < -0.3 is 10.1 Å². The number of anilines is 1. The molecule has 0 fully saturated rings. The van der Waals surface area contributed by atoms with Crippen molar-refractivity contribution in [2.45, 2.75) is 0 Å². The number of halogens is 1. The average Bonchev–Trinajstić information content (AvgIpc) is 2.04. The summed E-state index contributed by atoms with van der Waals surface area (Å²) in [6.07, 6.45) is 1.50. The molecule has 0 saturated heterocycles. The van der Waals surface area contributed by atoms with E-state index in [4.69, 9.17) is 0 Å². The normalized spacial score (nSPS) is 9.36. The van der Waals surface area contributed by atoms with Crippen LogP contribution in [0, 0.1) is 5.82 Å². The largest absolute Gasteiger partial charge is 0.479 e. The Morgan fingerprint density at radius 3 is 2.82 bits per heavy atom. The molecule has 11 heavy (non-hydrogen) atoms. The summed E-state index contributed by atoms with van der Waals surface area (Å²) >= 11 is 0. The van der Waals surface area contributed by atoms with Crippen LogP contribution in [0.25, 0.3) is 0 Å². The maximum absolute atomic E-state index is 12.8. The van der Waals surface area contributed by atoms with Crippen LogP contribution in [0.15, 0.2) is 12.3 Å². The first-order valence-corrected chi connectivity index (χ1v) is 3.15. The first-order chi connectivity index (χ1) is 5.27. The number of aromatic nitrogens is 1. The van der Waals surface area contributed by atoms with Gasteiger partial charge in [0.2, 0.25) is 5.88 Å². The van der Waals surface area contributed by atoms with Gasteiger partial charge in [0.15, 0.2) is 5.82 Å². The van der Waals surface area contributed by atoms with E-state index in [9.17, 15) is 4.39 Å². The number of hydrogen-bond donors (Lipinski definition) is 1. The topological polar surface area (TPSA) is 34.2 Å². The van der Waals surface area contributed by atoms with E-state index in [1.165, 1.54) is 19.4 Å². The van der Waals surface area contributed by atoms with E-state index in [-0.39, 0.29) is 5.88 Å². The highest BCUT2D eigenvalue weighted by atomic mass is 19.1. The molecule has 0 atom stereocenters. The SMILES string of the molecule is CNc1cnc(OC)c(F)c1. The molecular weight excluding hydrogens is 147 g/mol. The Bertz CT molecular complexity index is 252. The summed E-state index contributed by atoms with van der Waals surface area (Å²) in [5, 5.41) is 2.76. The number of nitrogens with zero attached hydrogens (tertiary/aromatic N) is 1. The third kappa shape index (κ3) is 1.58. The maximum atomic E-state index is 12.8. The summed E-state index contributed by atoms with van der Waals surface area (Å²) in [6, 6.07) is 1.33. The summed E-state index contributed by atoms with van der Waals surface area (Å²) in [4.78, 5) is 3.71. The Hall–Kier alpha value is -1.32. The van der Waals surface area contributed by atoms with E-state index < -0.39 is 5.82 Å². The lowest BCUT2D eigenvalue weighted by atomic mass is 10.4. The molecule has 1 rings (SSSR count). The summed E-state index contributed by atoms with van der Waals surface area (Å²) < 4.78 is 17.4. The van der Waals surface area contributed by atoms with Gasteiger partial charge in [0.05, 0.1) is 19.0 Å². The average molecular weight is 156 g/mol. The number of methoxy groups -OCH3 is 1. The summed E-state index contributed by atoms with van der Waals surface area (Å²) in [5.74, 6) is -0.441. The molecule has 0 spiro atoms. The maximum Gasteiger partial charge on any atom is 0.250 e. The van der Waals surface area contributed by atoms with Crippen LogP contribution in [0.4, 0.5) is 10.1 Å². The molecule has 0 aliphatic heterocycles. The first-order valence-electron chi connectivity index (χ1n) is 3.15. The fourth-order valence-corrected chi connectivity index (χ4v) is 0.712. The molecule has 3 nitrogen and oxygen atoms in total. The smallest absolute Gasteiger partial charge is 0.250 e. The second kappa shape index (κ2) is 3.18. The number of hydrogen-bond acceptors (Lipinski definition) is 3. The van der Waals surface area contributed by atoms with Crippen LogP contribution in [-0.4, -0.2) is 19.1 Å². The molecule has 0 aliphatic carbocycles. The predicted molar refractivity (Wildman–Crippen MR) is 40.3 cm³/mol. The third-order valence-electron chi connectivity index (χ3n) is 1.29. The van der Waals surface area contributed by atoms with Crippen LogP contribution in [0.5, 0.6) is 5.88 Å². The molecule has 0 radical (unpaired) electrons. The highest BCUT2D eigenvalue weighted by Crippen LogP contribution is 2.15. The molecule has 0 saturated carbocycles. The minimum absolute atomic E-state index is 0.0176. The molecule has 0 bridgehead atoms. The van der Waals surface area contributed by atoms with E-state index in [2.05, 4.69) is 15.0 Å². The van der Waals surface area contributed by atoms with Crippen LogP contribution in [0.3, 0.4) is 0 Å². The minimum Gasteiger partial charge on any atom is -0.479 e. The van der Waals surface area contributed by atoms with Crippen molar-refractivity contribution in [3.63, 3.8) is 0 Å². The number of nitrogens with one attached hydrogen (secondary N) is 1. The zero-order chi connectivity index (χ0) is 8.27. The molecule has 60 valence electrons. The van der Waals surface area contributed by atoms with E-state index in [0.717, 1.165) is 0 Å². The quantitative estimate of drug-likeness (QED) is 0.700. The van der Waals surface area contributed by atoms with Crippen molar-refractivity contribution in [3.8, 4) is 5.88 Å². The standard InChI is InChI=1S/C7H9FN2O/c1-9-5-3-6(8)7(11-2)10-4-5/h3-4,9H,1-2H3. The van der Waals surface area contributed by atoms with Crippen molar-refractivity contribution in [2.24, 2.45) is 0 Å². The molecule has 0 aliphatic rings. The van der Waals surface area contributed by atoms with E-state index in [0.29, 0.717) is 5.69 Å². The van der Waals surface area contributed by atoms with Gasteiger partial charge in [0.25, 0.3) is 0 Å². The highest BCUT2D eigenvalue weighted by Gasteiger charge is 2.02. The highest BCUT2D eigenvalue weighted by molar-refractivity contribution is 5.41. The zero-order valence-corrected chi connectivity index (χ0v) is 6.39. The summed E-state index contributed by atoms with van der Waals surface area (Å²) in [5.41, 5.74) is 0.628. The molecule has 1 heterocycles. The van der Waals surface area contributed by atoms with E-state index in [1.54, 1.807) is 7.05 Å². The van der Waals surface area contributed by atoms with E-state index >= 15 is 0 Å². The van der Waals surface area contributed by atoms with Gasteiger partial charge in [-0.05, 0) is 0 Å². The zero-order valence-electron chi connectivity index (χ0n) is 6.39. The van der Waals surface area contributed by atoms with Gasteiger partial charge in [-0.2, -0.15) is 0 Å². The number of rotatable bonds is 2. The minimum atomic E-state index is -0.459. The van der Waals surface area contributed by atoms with Crippen LogP contribution in [0.2, 0.25) is 0 Å². The first kappa shape index (κ1) is 7.78. The lowest BCUT2D eigenvalue weighted by molar-refractivity contribution is 0.369. The lowest BCUT2D eigenvalue weighted by Gasteiger charge is -2.02. The summed E-state index contributed by atoms with van der Waals surface area (Å²) in [6.45, 7) is 0. The molecule has 0 aromatic carbocycles. The monoisotopic (exact) mass is 156 g/mol. The van der Waals surface area contributed by atoms with Crippen LogP contribution in [0.1, 0.15) is 0 Å². The second-order valence-corrected chi connectivity index (χ2v) is 1.97. The fraction of sp³-hybridized carbons (Fsp3) is 0.286. The molecule has 4 heteroatoms. The Balaban J connectivity index is 2.99. The van der Waals surface area contributed by atoms with Crippen molar-refractivity contribution in [2.75, 3.05) is 19.5 Å². The predicted octanol–water partition coefficient (Wildman–Crippen LogP) is 1.27. The van der Waals surface area contributed by atoms with Crippen LogP contribution < -0.4 is 10.1 Å². The van der Waals surface area contributed by atoms with Gasteiger partial charge in [0, 0.05) is 13.1 Å². The Morgan fingerprint density at radius 1 is 1.64 bits per heavy atom. The van der Waals surface area contributed by atoms with Gasteiger partial charge >= 0.3 is 0 Å². The van der Waals surface area contributed by atoms with Crippen LogP contribution >= 0.6 is 0 Å². The van der Waals surface area contributed by atoms with Gasteiger partial charge in [-0.3, -0.25) is 0 Å². The van der Waals surface area contributed by atoms with Gasteiger partial charge in [0.1, 0.15) is 0 Å². The molecule has 1 aromatic heterocycles. The van der Waals surface area contributed by atoms with Crippen molar-refractivity contribution in [3.05, 3.63) is 18.1 Å². The Kier molecular flexibility index (Phi) is 2.25. The Morgan fingerprint density at radius 2 is 2.36 bits per heavy atom. The van der Waals surface area contributed by atoms with Gasteiger partial charge in [-0.25, -0.2) is 9.37 Å². The summed E-state index contributed by atoms with van der Waals surface area (Å²) in [7, 11) is 3.08. The number of ether oxygens (including phenoxy) is 1. The lowest BCUT2D eigenvalue weighted by Crippen LogP contribution is -1.95. The van der Waals surface area contributed by atoms with Gasteiger partial charge in [-0.1, -0.05) is 0 Å². The molecule has 0 amide bonds. The fourth-order valence-electron chi connectivity index (χ4n) is 0.712. The molecular formula is C7H9FN2O. The van der Waals surface area contributed by atoms with Crippen molar-refractivity contribution >= 4 is 5.69 Å². The molecule has 1 aromatic rings. The van der Waals surface area contributed by atoms with Gasteiger partial charge in [-0.15, -0.1) is 0 Å². The molecule has 1 N–H and O–H groups in total. The second-order valence-electron chi connectivity index (χ2n) is 1.97. The number of pyridine rings is 1. The van der Waals surface area contributed by atoms with Crippen molar-refractivity contribution in [1.29, 1.82) is 0 Å². The van der Waals surface area contributed by atoms with Crippen molar-refractivity contribution in [1.82, 2.24) is 4.98 Å². The van der Waals surface area contributed by atoms with Crippen molar-refractivity contribution < 1.29 is 9.13 Å². The van der Waals surface area contributed by atoms with Crippen LogP contribution in [-0.2, 0) is 0 Å². The third-order valence-corrected chi connectivity index (χ3v) is 1.29. The van der Waals surface area contributed by atoms with E-state index in [1.807, 2.05) is 0 Å².